The highest BCUT2D eigenvalue weighted by Crippen LogP contribution is 2.26. The molecular weight excluding hydrogens is 330 g/mol. The van der Waals surface area contributed by atoms with Gasteiger partial charge in [-0.05, 0) is 54.3 Å². The second kappa shape index (κ2) is 8.49. The molecule has 0 aliphatic carbocycles. The number of amides is 2. The number of ether oxygens (including phenoxy) is 1. The molecule has 0 bridgehead atoms. The van der Waals surface area contributed by atoms with E-state index in [1.54, 1.807) is 0 Å². The summed E-state index contributed by atoms with van der Waals surface area (Å²) in [5.74, 6) is 0.773. The van der Waals surface area contributed by atoms with E-state index in [1.807, 2.05) is 42.5 Å². The molecule has 0 spiro atoms. The van der Waals surface area contributed by atoms with Gasteiger partial charge < -0.3 is 21.1 Å². The van der Waals surface area contributed by atoms with Gasteiger partial charge in [0.1, 0.15) is 5.75 Å². The smallest absolute Gasteiger partial charge is 0.224 e. The van der Waals surface area contributed by atoms with E-state index in [9.17, 15) is 9.59 Å². The van der Waals surface area contributed by atoms with Crippen molar-refractivity contribution in [3.63, 3.8) is 0 Å². The van der Waals surface area contributed by atoms with Gasteiger partial charge in [-0.2, -0.15) is 0 Å². The molecule has 3 rings (SSSR count). The van der Waals surface area contributed by atoms with Crippen LogP contribution in [0.2, 0.25) is 0 Å². The molecule has 1 heterocycles. The van der Waals surface area contributed by atoms with E-state index >= 15 is 0 Å². The summed E-state index contributed by atoms with van der Waals surface area (Å²) in [7, 11) is 0. The summed E-state index contributed by atoms with van der Waals surface area (Å²) in [6.45, 7) is 0.950. The minimum atomic E-state index is -0.0396. The molecule has 6 nitrogen and oxygen atoms in total. The molecule has 0 atom stereocenters. The van der Waals surface area contributed by atoms with Crippen LogP contribution >= 0.6 is 0 Å². The lowest BCUT2D eigenvalue weighted by Crippen LogP contribution is -2.18. The van der Waals surface area contributed by atoms with Crippen LogP contribution in [0.4, 0.5) is 11.4 Å². The van der Waals surface area contributed by atoms with Gasteiger partial charge >= 0.3 is 0 Å². The van der Waals surface area contributed by atoms with E-state index in [0.29, 0.717) is 32.4 Å². The topological polar surface area (TPSA) is 93.4 Å². The SMILES string of the molecule is NCc1ccc(NC(=O)CCCOc2ccc3c(c2)CCC(=O)N3)cc1. The van der Waals surface area contributed by atoms with Gasteiger partial charge in [-0.3, -0.25) is 9.59 Å². The van der Waals surface area contributed by atoms with Crippen LogP contribution in [0.1, 0.15) is 30.4 Å². The summed E-state index contributed by atoms with van der Waals surface area (Å²) in [6, 6.07) is 13.1. The molecule has 0 aromatic heterocycles. The van der Waals surface area contributed by atoms with Crippen molar-refractivity contribution in [3.05, 3.63) is 53.6 Å². The molecule has 0 radical (unpaired) electrons. The second-order valence-corrected chi connectivity index (χ2v) is 6.27. The highest BCUT2D eigenvalue weighted by atomic mass is 16.5. The average molecular weight is 353 g/mol. The summed E-state index contributed by atoms with van der Waals surface area (Å²) in [5, 5.41) is 5.71. The van der Waals surface area contributed by atoms with Crippen molar-refractivity contribution < 1.29 is 14.3 Å². The summed E-state index contributed by atoms with van der Waals surface area (Å²) >= 11 is 0. The molecule has 1 aliphatic rings. The van der Waals surface area contributed by atoms with E-state index in [0.717, 1.165) is 34.7 Å². The Bertz CT molecular complexity index is 787. The number of benzene rings is 2. The lowest BCUT2D eigenvalue weighted by molar-refractivity contribution is -0.117. The number of aryl methyl sites for hydroxylation is 1. The minimum Gasteiger partial charge on any atom is -0.494 e. The molecule has 2 amide bonds. The zero-order valence-electron chi connectivity index (χ0n) is 14.6. The first kappa shape index (κ1) is 17.9. The van der Waals surface area contributed by atoms with E-state index in [1.165, 1.54) is 0 Å². The molecule has 2 aromatic carbocycles. The molecule has 0 saturated heterocycles. The van der Waals surface area contributed by atoms with Gasteiger partial charge in [-0.1, -0.05) is 12.1 Å². The van der Waals surface area contributed by atoms with Crippen LogP contribution in [0.15, 0.2) is 42.5 Å². The van der Waals surface area contributed by atoms with E-state index in [4.69, 9.17) is 10.5 Å². The molecular formula is C20H23N3O3. The number of hydrogen-bond acceptors (Lipinski definition) is 4. The van der Waals surface area contributed by atoms with Crippen LogP contribution in [0.5, 0.6) is 5.75 Å². The van der Waals surface area contributed by atoms with Crippen molar-refractivity contribution in [3.8, 4) is 5.75 Å². The fourth-order valence-electron chi connectivity index (χ4n) is 2.82. The van der Waals surface area contributed by atoms with Crippen LogP contribution in [0.3, 0.4) is 0 Å². The fraction of sp³-hybridized carbons (Fsp3) is 0.300. The van der Waals surface area contributed by atoms with E-state index in [-0.39, 0.29) is 11.8 Å². The molecule has 26 heavy (non-hydrogen) atoms. The lowest BCUT2D eigenvalue weighted by atomic mass is 10.0. The second-order valence-electron chi connectivity index (χ2n) is 6.27. The van der Waals surface area contributed by atoms with Crippen LogP contribution in [0.25, 0.3) is 0 Å². The molecule has 2 aromatic rings. The molecule has 4 N–H and O–H groups in total. The Morgan fingerprint density at radius 2 is 1.96 bits per heavy atom. The van der Waals surface area contributed by atoms with Crippen molar-refractivity contribution in [1.29, 1.82) is 0 Å². The highest BCUT2D eigenvalue weighted by Gasteiger charge is 2.15. The van der Waals surface area contributed by atoms with Crippen LogP contribution < -0.4 is 21.1 Å². The Hall–Kier alpha value is -2.86. The van der Waals surface area contributed by atoms with E-state index < -0.39 is 0 Å². The van der Waals surface area contributed by atoms with E-state index in [2.05, 4.69) is 10.6 Å². The molecule has 6 heteroatoms. The van der Waals surface area contributed by atoms with Gasteiger partial charge in [0.25, 0.3) is 0 Å². The standard InChI is InChI=1S/C20H23N3O3/c21-13-14-3-6-16(7-4-14)22-19(24)2-1-11-26-17-8-9-18-15(12-17)5-10-20(25)23-18/h3-4,6-9,12H,1-2,5,10-11,13,21H2,(H,22,24)(H,23,25). The van der Waals surface area contributed by atoms with Gasteiger partial charge in [-0.15, -0.1) is 0 Å². The maximum Gasteiger partial charge on any atom is 0.224 e. The quantitative estimate of drug-likeness (QED) is 0.667. The number of hydrogen-bond donors (Lipinski definition) is 3. The van der Waals surface area contributed by atoms with Crippen molar-refractivity contribution in [2.75, 3.05) is 17.2 Å². The Balaban J connectivity index is 1.41. The predicted molar refractivity (Wildman–Crippen MR) is 101 cm³/mol. The first-order valence-corrected chi connectivity index (χ1v) is 8.78. The Kier molecular flexibility index (Phi) is 5.86. The molecule has 0 saturated carbocycles. The number of carbonyl (C=O) groups excluding carboxylic acids is 2. The number of carbonyl (C=O) groups is 2. The third kappa shape index (κ3) is 4.83. The van der Waals surface area contributed by atoms with Crippen LogP contribution in [0, 0.1) is 0 Å². The van der Waals surface area contributed by atoms with Crippen molar-refractivity contribution in [1.82, 2.24) is 0 Å². The largest absolute Gasteiger partial charge is 0.494 e. The Morgan fingerprint density at radius 3 is 2.73 bits per heavy atom. The fourth-order valence-corrected chi connectivity index (χ4v) is 2.82. The van der Waals surface area contributed by atoms with Crippen LogP contribution in [-0.2, 0) is 22.6 Å². The average Bonchev–Trinajstić information content (AvgIpc) is 2.66. The third-order valence-electron chi connectivity index (χ3n) is 4.26. The predicted octanol–water partition coefficient (Wildman–Crippen LogP) is 2.83. The maximum absolute atomic E-state index is 12.0. The molecule has 0 fully saturated rings. The summed E-state index contributed by atoms with van der Waals surface area (Å²) in [5.41, 5.74) is 9.29. The number of anilines is 2. The van der Waals surface area contributed by atoms with Crippen molar-refractivity contribution in [2.24, 2.45) is 5.73 Å². The first-order valence-electron chi connectivity index (χ1n) is 8.78. The van der Waals surface area contributed by atoms with Gasteiger partial charge in [0.05, 0.1) is 6.61 Å². The Morgan fingerprint density at radius 1 is 1.15 bits per heavy atom. The number of nitrogens with two attached hydrogens (primary N) is 1. The normalized spacial score (nSPS) is 12.9. The third-order valence-corrected chi connectivity index (χ3v) is 4.26. The van der Waals surface area contributed by atoms with Crippen molar-refractivity contribution >= 4 is 23.2 Å². The molecule has 1 aliphatic heterocycles. The summed E-state index contributed by atoms with van der Waals surface area (Å²) in [6.07, 6.45) is 2.24. The zero-order valence-corrected chi connectivity index (χ0v) is 14.6. The molecule has 136 valence electrons. The summed E-state index contributed by atoms with van der Waals surface area (Å²) < 4.78 is 5.72. The highest BCUT2D eigenvalue weighted by molar-refractivity contribution is 5.94. The van der Waals surface area contributed by atoms with Gasteiger partial charge in [0, 0.05) is 30.8 Å². The number of rotatable bonds is 7. The van der Waals surface area contributed by atoms with Gasteiger partial charge in [-0.25, -0.2) is 0 Å². The minimum absolute atomic E-state index is 0.0396. The lowest BCUT2D eigenvalue weighted by Gasteiger charge is -2.17. The number of nitrogens with one attached hydrogen (secondary N) is 2. The maximum atomic E-state index is 12.0. The van der Waals surface area contributed by atoms with Gasteiger partial charge in [0.2, 0.25) is 11.8 Å². The first-order chi connectivity index (χ1) is 12.6. The monoisotopic (exact) mass is 353 g/mol. The Labute approximate surface area is 152 Å². The van der Waals surface area contributed by atoms with Crippen molar-refractivity contribution in [2.45, 2.75) is 32.2 Å². The van der Waals surface area contributed by atoms with Crippen LogP contribution in [-0.4, -0.2) is 18.4 Å². The van der Waals surface area contributed by atoms with Gasteiger partial charge in [0.15, 0.2) is 0 Å². The number of fused-ring (bicyclic) bond motifs is 1. The summed E-state index contributed by atoms with van der Waals surface area (Å²) in [4.78, 5) is 23.3. The molecule has 0 unspecified atom stereocenters. The zero-order chi connectivity index (χ0) is 18.4.